The highest BCUT2D eigenvalue weighted by Gasteiger charge is 2.22. The average molecular weight is 552 g/mol. The quantitative estimate of drug-likeness (QED) is 0.218. The fourth-order valence-corrected chi connectivity index (χ4v) is 6.49. The van der Waals surface area contributed by atoms with E-state index < -0.39 is 0 Å². The average Bonchev–Trinajstić information content (AvgIpc) is 3.65. The zero-order valence-corrected chi connectivity index (χ0v) is 23.2. The lowest BCUT2D eigenvalue weighted by atomic mass is 9.99. The van der Waals surface area contributed by atoms with Crippen molar-refractivity contribution in [1.29, 1.82) is 0 Å². The number of rotatable bonds is 4. The summed E-state index contributed by atoms with van der Waals surface area (Å²) in [5.41, 5.74) is 9.01. The zero-order chi connectivity index (χ0) is 28.3. The summed E-state index contributed by atoms with van der Waals surface area (Å²) in [6.45, 7) is 0. The molecule has 0 fully saturated rings. The highest BCUT2D eigenvalue weighted by molar-refractivity contribution is 6.33. The molecule has 3 nitrogen and oxygen atoms in total. The molecule has 0 saturated heterocycles. The summed E-state index contributed by atoms with van der Waals surface area (Å²) in [6, 6.07) is 52.9. The van der Waals surface area contributed by atoms with Crippen LogP contribution in [0.25, 0.3) is 65.8 Å². The van der Waals surface area contributed by atoms with Crippen LogP contribution in [0.2, 0.25) is 0 Å². The first-order valence-electron chi connectivity index (χ1n) is 14.5. The molecule has 0 aliphatic rings. The number of para-hydroxylation sites is 2. The van der Waals surface area contributed by atoms with Crippen molar-refractivity contribution in [3.63, 3.8) is 0 Å². The van der Waals surface area contributed by atoms with Gasteiger partial charge in [-0.15, -0.1) is 0 Å². The summed E-state index contributed by atoms with van der Waals surface area (Å²) in [4.78, 5) is 2.27. The molecule has 7 aromatic carbocycles. The lowest BCUT2D eigenvalue weighted by molar-refractivity contribution is 0.665. The number of hydrogen-bond acceptors (Lipinski definition) is 3. The largest absolute Gasteiger partial charge is 0.455 e. The van der Waals surface area contributed by atoms with Crippen molar-refractivity contribution in [3.05, 3.63) is 152 Å². The van der Waals surface area contributed by atoms with E-state index in [4.69, 9.17) is 8.83 Å². The maximum atomic E-state index is 6.72. The summed E-state index contributed by atoms with van der Waals surface area (Å²) in [5.74, 6) is 0. The molecule has 2 heterocycles. The molecule has 9 aromatic rings. The molecule has 0 radical (unpaired) electrons. The SMILES string of the molecule is c1ccc(-c2ccc(N(c3ccccc3)c3ccc4c(c3)oc3c5ccccc5c5c6ccccc6oc5c43)cc2)cc1. The Labute approximate surface area is 247 Å². The van der Waals surface area contributed by atoms with Crippen LogP contribution >= 0.6 is 0 Å². The first-order valence-corrected chi connectivity index (χ1v) is 14.5. The normalized spacial score (nSPS) is 11.7. The zero-order valence-electron chi connectivity index (χ0n) is 23.2. The lowest BCUT2D eigenvalue weighted by Gasteiger charge is -2.25. The molecule has 0 spiro atoms. The Balaban J connectivity index is 1.27. The Kier molecular flexibility index (Phi) is 5.20. The van der Waals surface area contributed by atoms with E-state index in [1.165, 1.54) is 11.1 Å². The van der Waals surface area contributed by atoms with Gasteiger partial charge in [0, 0.05) is 44.7 Å². The molecule has 0 atom stereocenters. The Morgan fingerprint density at radius 2 is 0.907 bits per heavy atom. The van der Waals surface area contributed by atoms with Crippen molar-refractivity contribution in [2.75, 3.05) is 4.90 Å². The van der Waals surface area contributed by atoms with Crippen LogP contribution < -0.4 is 4.90 Å². The van der Waals surface area contributed by atoms with Crippen LogP contribution in [0, 0.1) is 0 Å². The van der Waals surface area contributed by atoms with E-state index in [-0.39, 0.29) is 0 Å². The van der Waals surface area contributed by atoms with Crippen LogP contribution in [0.3, 0.4) is 0 Å². The Morgan fingerprint density at radius 1 is 0.349 bits per heavy atom. The van der Waals surface area contributed by atoms with Crippen molar-refractivity contribution < 1.29 is 8.83 Å². The van der Waals surface area contributed by atoms with E-state index in [1.54, 1.807) is 0 Å². The number of nitrogens with zero attached hydrogens (tertiary/aromatic N) is 1. The van der Waals surface area contributed by atoms with Gasteiger partial charge >= 0.3 is 0 Å². The van der Waals surface area contributed by atoms with Crippen LogP contribution in [-0.2, 0) is 0 Å². The molecule has 0 aliphatic heterocycles. The van der Waals surface area contributed by atoms with Crippen LogP contribution in [0.4, 0.5) is 17.1 Å². The van der Waals surface area contributed by atoms with Crippen LogP contribution in [0.5, 0.6) is 0 Å². The maximum Gasteiger partial charge on any atom is 0.147 e. The fraction of sp³-hybridized carbons (Fsp3) is 0. The molecule has 43 heavy (non-hydrogen) atoms. The smallest absolute Gasteiger partial charge is 0.147 e. The molecule has 0 bridgehead atoms. The second kappa shape index (κ2) is 9.37. The molecule has 3 heteroatoms. The summed E-state index contributed by atoms with van der Waals surface area (Å²) >= 11 is 0. The van der Waals surface area contributed by atoms with Gasteiger partial charge in [0.15, 0.2) is 0 Å². The van der Waals surface area contributed by atoms with Gasteiger partial charge in [0.25, 0.3) is 0 Å². The molecule has 0 saturated carbocycles. The molecule has 0 aliphatic carbocycles. The number of fused-ring (bicyclic) bond motifs is 10. The number of furan rings is 2. The van der Waals surface area contributed by atoms with E-state index in [0.717, 1.165) is 71.7 Å². The first kappa shape index (κ1) is 23.9. The molecular weight excluding hydrogens is 526 g/mol. The summed E-state index contributed by atoms with van der Waals surface area (Å²) in [5, 5.41) is 6.54. The third-order valence-corrected chi connectivity index (χ3v) is 8.44. The molecular formula is C40H25NO2. The van der Waals surface area contributed by atoms with Gasteiger partial charge in [0.05, 0.1) is 5.39 Å². The van der Waals surface area contributed by atoms with Crippen molar-refractivity contribution in [3.8, 4) is 11.1 Å². The van der Waals surface area contributed by atoms with E-state index in [9.17, 15) is 0 Å². The minimum Gasteiger partial charge on any atom is -0.455 e. The van der Waals surface area contributed by atoms with Crippen molar-refractivity contribution in [2.24, 2.45) is 0 Å². The van der Waals surface area contributed by atoms with Gasteiger partial charge in [-0.1, -0.05) is 103 Å². The van der Waals surface area contributed by atoms with Gasteiger partial charge in [-0.25, -0.2) is 0 Å². The minimum atomic E-state index is 0.826. The molecule has 0 amide bonds. The number of anilines is 3. The second-order valence-electron chi connectivity index (χ2n) is 10.9. The van der Waals surface area contributed by atoms with Gasteiger partial charge in [0.1, 0.15) is 22.3 Å². The topological polar surface area (TPSA) is 29.5 Å². The van der Waals surface area contributed by atoms with Crippen molar-refractivity contribution in [2.45, 2.75) is 0 Å². The van der Waals surface area contributed by atoms with Gasteiger partial charge in [-0.3, -0.25) is 0 Å². The summed E-state index contributed by atoms with van der Waals surface area (Å²) < 4.78 is 13.3. The summed E-state index contributed by atoms with van der Waals surface area (Å²) in [6.07, 6.45) is 0. The summed E-state index contributed by atoms with van der Waals surface area (Å²) in [7, 11) is 0. The molecule has 9 rings (SSSR count). The van der Waals surface area contributed by atoms with Crippen molar-refractivity contribution >= 4 is 71.7 Å². The second-order valence-corrected chi connectivity index (χ2v) is 10.9. The highest BCUT2D eigenvalue weighted by atomic mass is 16.3. The Morgan fingerprint density at radius 3 is 1.70 bits per heavy atom. The number of benzene rings is 7. The van der Waals surface area contributed by atoms with Crippen molar-refractivity contribution in [1.82, 2.24) is 0 Å². The first-order chi connectivity index (χ1) is 21.3. The highest BCUT2D eigenvalue weighted by Crippen LogP contribution is 2.46. The minimum absolute atomic E-state index is 0.826. The van der Waals surface area contributed by atoms with E-state index >= 15 is 0 Å². The molecule has 0 N–H and O–H groups in total. The fourth-order valence-electron chi connectivity index (χ4n) is 6.49. The van der Waals surface area contributed by atoms with E-state index in [1.807, 2.05) is 24.3 Å². The van der Waals surface area contributed by atoms with Gasteiger partial charge in [0.2, 0.25) is 0 Å². The van der Waals surface area contributed by atoms with Crippen LogP contribution in [0.1, 0.15) is 0 Å². The Bertz CT molecular complexity index is 2440. The van der Waals surface area contributed by atoms with E-state index in [0.29, 0.717) is 0 Å². The molecule has 2 aromatic heterocycles. The number of hydrogen-bond donors (Lipinski definition) is 0. The van der Waals surface area contributed by atoms with E-state index in [2.05, 4.69) is 132 Å². The molecule has 202 valence electrons. The van der Waals surface area contributed by atoms with Gasteiger partial charge in [-0.2, -0.15) is 0 Å². The predicted octanol–water partition coefficient (Wildman–Crippen LogP) is 11.8. The van der Waals surface area contributed by atoms with Crippen LogP contribution in [0.15, 0.2) is 160 Å². The van der Waals surface area contributed by atoms with Gasteiger partial charge in [-0.05, 0) is 59.0 Å². The Hall–Kier alpha value is -5.80. The molecule has 0 unspecified atom stereocenters. The third kappa shape index (κ3) is 3.68. The van der Waals surface area contributed by atoms with Gasteiger partial charge < -0.3 is 13.7 Å². The maximum absolute atomic E-state index is 6.72. The predicted molar refractivity (Wildman–Crippen MR) is 179 cm³/mol. The van der Waals surface area contributed by atoms with Crippen LogP contribution in [-0.4, -0.2) is 0 Å². The standard InChI is InChI=1S/C40H25NO2/c1-3-11-26(12-4-1)27-19-21-29(22-20-27)41(28-13-5-2-6-14-28)30-23-24-34-36(25-30)43-39-32-16-8-7-15-31(32)37-33-17-9-10-18-35(33)42-40(37)38(34)39/h1-25H. The lowest BCUT2D eigenvalue weighted by Crippen LogP contribution is -2.09. The third-order valence-electron chi connectivity index (χ3n) is 8.44. The monoisotopic (exact) mass is 551 g/mol.